The molecule has 0 unspecified atom stereocenters. The van der Waals surface area contributed by atoms with Crippen LogP contribution >= 0.6 is 0 Å². The minimum absolute atomic E-state index is 0.102. The Bertz CT molecular complexity index is 1460. The summed E-state index contributed by atoms with van der Waals surface area (Å²) in [6, 6.07) is 6.78. The number of carbonyl (C=O) groups is 1. The molecule has 172 valence electrons. The first-order valence-electron chi connectivity index (χ1n) is 9.85. The van der Waals surface area contributed by atoms with Crippen LogP contribution in [0.3, 0.4) is 0 Å². The fourth-order valence-electron chi connectivity index (χ4n) is 3.25. The monoisotopic (exact) mass is 466 g/mol. The first-order chi connectivity index (χ1) is 16.1. The number of hydrogen-bond acceptors (Lipinski definition) is 6. The zero-order chi connectivity index (χ0) is 24.6. The molecule has 0 radical (unpaired) electrons. The number of fused-ring (bicyclic) bond motifs is 1. The van der Waals surface area contributed by atoms with Crippen molar-refractivity contribution < 1.29 is 18.0 Å². The van der Waals surface area contributed by atoms with Crippen molar-refractivity contribution in [3.8, 4) is 22.6 Å². The van der Waals surface area contributed by atoms with Gasteiger partial charge in [0.15, 0.2) is 0 Å². The van der Waals surface area contributed by atoms with E-state index in [0.29, 0.717) is 5.56 Å². The number of likely N-dealkylation sites (N-methyl/N-ethyl adjacent to an activating group) is 1. The van der Waals surface area contributed by atoms with Crippen molar-refractivity contribution in [2.75, 3.05) is 14.1 Å². The number of hydrogen-bond donors (Lipinski definition) is 0. The number of carbonyl (C=O) groups excluding carboxylic acids is 1. The van der Waals surface area contributed by atoms with Gasteiger partial charge in [-0.05, 0) is 30.3 Å². The number of nitrogens with zero attached hydrogens (tertiary/aromatic N) is 6. The number of halogens is 3. The van der Waals surface area contributed by atoms with Gasteiger partial charge in [-0.1, -0.05) is 6.58 Å². The van der Waals surface area contributed by atoms with E-state index in [1.807, 2.05) is 0 Å². The van der Waals surface area contributed by atoms with Crippen LogP contribution in [0.1, 0.15) is 5.69 Å². The zero-order valence-corrected chi connectivity index (χ0v) is 18.0. The van der Waals surface area contributed by atoms with Crippen molar-refractivity contribution in [1.29, 1.82) is 0 Å². The molecule has 1 amide bonds. The maximum Gasteiger partial charge on any atom is 0.433 e. The molecule has 0 fully saturated rings. The molecule has 4 rings (SSSR count). The number of pyridine rings is 3. The highest BCUT2D eigenvalue weighted by Crippen LogP contribution is 2.29. The summed E-state index contributed by atoms with van der Waals surface area (Å²) in [5.41, 5.74) is -0.552. The molecule has 0 aliphatic carbocycles. The molecule has 4 heterocycles. The minimum atomic E-state index is -4.57. The molecule has 34 heavy (non-hydrogen) atoms. The Morgan fingerprint density at radius 1 is 1.06 bits per heavy atom. The van der Waals surface area contributed by atoms with E-state index in [4.69, 9.17) is 0 Å². The molecule has 0 saturated heterocycles. The van der Waals surface area contributed by atoms with E-state index in [9.17, 15) is 22.8 Å². The van der Waals surface area contributed by atoms with Crippen LogP contribution in [0, 0.1) is 0 Å². The van der Waals surface area contributed by atoms with E-state index in [-0.39, 0.29) is 33.7 Å². The van der Waals surface area contributed by atoms with Crippen molar-refractivity contribution in [2.24, 2.45) is 0 Å². The molecular weight excluding hydrogens is 449 g/mol. The largest absolute Gasteiger partial charge is 0.433 e. The highest BCUT2D eigenvalue weighted by Gasteiger charge is 2.32. The van der Waals surface area contributed by atoms with Crippen LogP contribution in [-0.2, 0) is 11.0 Å². The van der Waals surface area contributed by atoms with Crippen LogP contribution in [0.25, 0.3) is 39.2 Å². The van der Waals surface area contributed by atoms with Gasteiger partial charge < -0.3 is 4.90 Å². The van der Waals surface area contributed by atoms with Gasteiger partial charge in [0.2, 0.25) is 0 Å². The maximum atomic E-state index is 13.5. The standard InChI is InChI=1S/C23H17F3N6O2/c1-13(21(33)31(2)3)32-20(15-5-4-8-27-10-15)30-18-12-28-17(9-16(18)22(32)34)14-6-7-19(29-11-14)23(24,25)26/h4-12H,1H2,2-3H3. The van der Waals surface area contributed by atoms with Crippen LogP contribution in [0.4, 0.5) is 13.2 Å². The molecule has 11 heteroatoms. The Morgan fingerprint density at radius 3 is 2.41 bits per heavy atom. The van der Waals surface area contributed by atoms with Crippen LogP contribution < -0.4 is 5.56 Å². The third-order valence-corrected chi connectivity index (χ3v) is 4.95. The van der Waals surface area contributed by atoms with Gasteiger partial charge in [-0.25, -0.2) is 4.98 Å². The summed E-state index contributed by atoms with van der Waals surface area (Å²) >= 11 is 0. The molecule has 0 aliphatic rings. The van der Waals surface area contributed by atoms with Crippen molar-refractivity contribution in [2.45, 2.75) is 6.18 Å². The molecule has 0 bridgehead atoms. The van der Waals surface area contributed by atoms with Gasteiger partial charge in [0.05, 0.1) is 22.8 Å². The lowest BCUT2D eigenvalue weighted by Crippen LogP contribution is -2.31. The molecule has 8 nitrogen and oxygen atoms in total. The molecule has 0 atom stereocenters. The fraction of sp³-hybridized carbons (Fsp3) is 0.130. The van der Waals surface area contributed by atoms with E-state index in [1.165, 1.54) is 43.5 Å². The topological polar surface area (TPSA) is 93.9 Å². The Morgan fingerprint density at radius 2 is 1.82 bits per heavy atom. The van der Waals surface area contributed by atoms with Crippen molar-refractivity contribution in [1.82, 2.24) is 29.4 Å². The van der Waals surface area contributed by atoms with E-state index in [1.54, 1.807) is 18.3 Å². The molecule has 4 aromatic heterocycles. The summed E-state index contributed by atoms with van der Waals surface area (Å²) in [5, 5.41) is 0.102. The third-order valence-electron chi connectivity index (χ3n) is 4.95. The third kappa shape index (κ3) is 4.15. The second-order valence-electron chi connectivity index (χ2n) is 7.48. The van der Waals surface area contributed by atoms with Gasteiger partial charge >= 0.3 is 6.18 Å². The van der Waals surface area contributed by atoms with E-state index < -0.39 is 23.3 Å². The zero-order valence-electron chi connectivity index (χ0n) is 18.0. The van der Waals surface area contributed by atoms with E-state index in [0.717, 1.165) is 16.8 Å². The molecule has 4 aromatic rings. The number of alkyl halides is 3. The Kier molecular flexibility index (Phi) is 5.70. The van der Waals surface area contributed by atoms with Crippen LogP contribution in [-0.4, -0.2) is 49.4 Å². The highest BCUT2D eigenvalue weighted by atomic mass is 19.4. The van der Waals surface area contributed by atoms with E-state index in [2.05, 4.69) is 26.5 Å². The van der Waals surface area contributed by atoms with Crippen LogP contribution in [0.2, 0.25) is 0 Å². The predicted molar refractivity (Wildman–Crippen MR) is 119 cm³/mol. The minimum Gasteiger partial charge on any atom is -0.344 e. The van der Waals surface area contributed by atoms with Gasteiger partial charge in [0.1, 0.15) is 17.2 Å². The van der Waals surface area contributed by atoms with Crippen molar-refractivity contribution >= 4 is 22.5 Å². The quantitative estimate of drug-likeness (QED) is 0.428. The first-order valence-corrected chi connectivity index (χ1v) is 9.85. The smallest absolute Gasteiger partial charge is 0.344 e. The SMILES string of the molecule is C=C(C(=O)N(C)C)n1c(-c2cccnc2)nc2cnc(-c3ccc(C(F)(F)F)nc3)cc2c1=O. The van der Waals surface area contributed by atoms with Crippen molar-refractivity contribution in [3.05, 3.63) is 77.7 Å². The molecule has 0 aromatic carbocycles. The lowest BCUT2D eigenvalue weighted by atomic mass is 10.1. The maximum absolute atomic E-state index is 13.5. The average Bonchev–Trinajstić information content (AvgIpc) is 2.83. The summed E-state index contributed by atoms with van der Waals surface area (Å²) in [4.78, 5) is 43.7. The summed E-state index contributed by atoms with van der Waals surface area (Å²) in [5.74, 6) is -0.355. The molecule has 0 spiro atoms. The second kappa shape index (κ2) is 8.50. The van der Waals surface area contributed by atoms with Gasteiger partial charge in [-0.3, -0.25) is 29.1 Å². The molecule has 0 aliphatic heterocycles. The summed E-state index contributed by atoms with van der Waals surface area (Å²) in [7, 11) is 3.05. The van der Waals surface area contributed by atoms with Gasteiger partial charge in [-0.2, -0.15) is 13.2 Å². The normalized spacial score (nSPS) is 11.4. The predicted octanol–water partition coefficient (Wildman–Crippen LogP) is 3.49. The van der Waals surface area contributed by atoms with Crippen LogP contribution in [0.5, 0.6) is 0 Å². The lowest BCUT2D eigenvalue weighted by molar-refractivity contribution is -0.141. The summed E-state index contributed by atoms with van der Waals surface area (Å²) in [6.45, 7) is 3.79. The van der Waals surface area contributed by atoms with Crippen LogP contribution in [0.15, 0.2) is 66.5 Å². The number of rotatable bonds is 4. The number of aromatic nitrogens is 5. The van der Waals surface area contributed by atoms with Gasteiger partial charge in [0, 0.05) is 43.8 Å². The molecule has 0 saturated carbocycles. The fourth-order valence-corrected chi connectivity index (χ4v) is 3.25. The Hall–Kier alpha value is -4.41. The van der Waals surface area contributed by atoms with Gasteiger partial charge in [-0.15, -0.1) is 0 Å². The average molecular weight is 466 g/mol. The van der Waals surface area contributed by atoms with E-state index >= 15 is 0 Å². The number of amides is 1. The van der Waals surface area contributed by atoms with Crippen molar-refractivity contribution in [3.63, 3.8) is 0 Å². The highest BCUT2D eigenvalue weighted by molar-refractivity contribution is 6.13. The Balaban J connectivity index is 1.92. The lowest BCUT2D eigenvalue weighted by Gasteiger charge is -2.18. The molecule has 0 N–H and O–H groups in total. The Labute approximate surface area is 191 Å². The summed E-state index contributed by atoms with van der Waals surface area (Å²) < 4.78 is 39.6. The molecular formula is C23H17F3N6O2. The van der Waals surface area contributed by atoms with Gasteiger partial charge in [0.25, 0.3) is 11.5 Å². The summed E-state index contributed by atoms with van der Waals surface area (Å²) in [6.07, 6.45) is 0.840. The second-order valence-corrected chi connectivity index (χ2v) is 7.48. The first kappa shape index (κ1) is 22.8.